The largest absolute Gasteiger partial charge is 0.465 e. The highest BCUT2D eigenvalue weighted by Gasteiger charge is 2.30. The van der Waals surface area contributed by atoms with Crippen LogP contribution < -0.4 is 0 Å². The molecule has 1 aliphatic rings. The molecule has 122 valence electrons. The van der Waals surface area contributed by atoms with Gasteiger partial charge in [-0.3, -0.25) is 4.90 Å². The zero-order valence-electron chi connectivity index (χ0n) is 13.8. The highest BCUT2D eigenvalue weighted by molar-refractivity contribution is 5.89. The van der Waals surface area contributed by atoms with Gasteiger partial charge in [0.2, 0.25) is 0 Å². The number of rotatable bonds is 4. The van der Waals surface area contributed by atoms with Crippen molar-refractivity contribution in [3.05, 3.63) is 52.4 Å². The molecule has 5 nitrogen and oxygen atoms in total. The van der Waals surface area contributed by atoms with E-state index in [0.29, 0.717) is 11.6 Å². The smallest absolute Gasteiger partial charge is 0.337 e. The van der Waals surface area contributed by atoms with Crippen LogP contribution in [0.4, 0.5) is 0 Å². The third-order valence-corrected chi connectivity index (χ3v) is 4.55. The molecular formula is C18H22N2O3. The van der Waals surface area contributed by atoms with Gasteiger partial charge in [-0.1, -0.05) is 17.3 Å². The minimum atomic E-state index is -0.300. The molecule has 0 radical (unpaired) electrons. The Kier molecular flexibility index (Phi) is 4.48. The molecule has 0 spiro atoms. The molecule has 0 amide bonds. The van der Waals surface area contributed by atoms with Gasteiger partial charge >= 0.3 is 5.97 Å². The summed E-state index contributed by atoms with van der Waals surface area (Å²) in [6, 6.07) is 8.00. The van der Waals surface area contributed by atoms with Crippen molar-refractivity contribution in [3.8, 4) is 0 Å². The molecule has 2 heterocycles. The van der Waals surface area contributed by atoms with Crippen LogP contribution in [0.1, 0.15) is 51.8 Å². The van der Waals surface area contributed by atoms with E-state index in [4.69, 9.17) is 9.26 Å². The Morgan fingerprint density at radius 1 is 1.35 bits per heavy atom. The second kappa shape index (κ2) is 6.54. The number of carbonyl (C=O) groups excluding carboxylic acids is 1. The third-order valence-electron chi connectivity index (χ3n) is 4.55. The number of aryl methyl sites for hydroxylation is 2. The van der Waals surface area contributed by atoms with E-state index in [9.17, 15) is 4.79 Å². The molecule has 1 aromatic carbocycles. The number of methoxy groups -OCH3 is 1. The third kappa shape index (κ3) is 3.15. The van der Waals surface area contributed by atoms with E-state index < -0.39 is 0 Å². The van der Waals surface area contributed by atoms with Crippen LogP contribution in [-0.2, 0) is 11.3 Å². The monoisotopic (exact) mass is 314 g/mol. The molecule has 0 N–H and O–H groups in total. The number of hydrogen-bond acceptors (Lipinski definition) is 5. The molecule has 1 aromatic heterocycles. The van der Waals surface area contributed by atoms with Crippen LogP contribution in [-0.4, -0.2) is 29.7 Å². The molecule has 0 saturated carbocycles. The van der Waals surface area contributed by atoms with Crippen molar-refractivity contribution in [3.63, 3.8) is 0 Å². The number of likely N-dealkylation sites (tertiary alicyclic amines) is 1. The van der Waals surface area contributed by atoms with Crippen LogP contribution in [0.15, 0.2) is 28.8 Å². The maximum absolute atomic E-state index is 11.5. The highest BCUT2D eigenvalue weighted by Crippen LogP contribution is 2.36. The summed E-state index contributed by atoms with van der Waals surface area (Å²) in [6.45, 7) is 5.91. The molecule has 1 saturated heterocycles. The summed E-state index contributed by atoms with van der Waals surface area (Å²) in [6.07, 6.45) is 2.30. The summed E-state index contributed by atoms with van der Waals surface area (Å²) >= 11 is 0. The van der Waals surface area contributed by atoms with E-state index in [-0.39, 0.29) is 5.97 Å². The molecule has 0 bridgehead atoms. The summed E-state index contributed by atoms with van der Waals surface area (Å²) in [7, 11) is 1.40. The molecule has 23 heavy (non-hydrogen) atoms. The predicted octanol–water partition coefficient (Wildman–Crippen LogP) is 3.42. The Hall–Kier alpha value is -2.14. The fourth-order valence-corrected chi connectivity index (χ4v) is 3.41. The SMILES string of the molecule is COC(=O)c1ccc(CN2CCC[C@@H]2c2c(C)noc2C)cc1. The van der Waals surface area contributed by atoms with Gasteiger partial charge in [-0.05, 0) is 50.9 Å². The van der Waals surface area contributed by atoms with Crippen molar-refractivity contribution in [2.75, 3.05) is 13.7 Å². The normalized spacial score (nSPS) is 18.3. The van der Waals surface area contributed by atoms with Gasteiger partial charge in [0.25, 0.3) is 0 Å². The topological polar surface area (TPSA) is 55.6 Å². The Morgan fingerprint density at radius 2 is 2.09 bits per heavy atom. The lowest BCUT2D eigenvalue weighted by Gasteiger charge is -2.24. The molecule has 2 aromatic rings. The molecule has 1 atom stereocenters. The highest BCUT2D eigenvalue weighted by atomic mass is 16.5. The van der Waals surface area contributed by atoms with E-state index in [1.54, 1.807) is 0 Å². The number of esters is 1. The van der Waals surface area contributed by atoms with Crippen LogP contribution in [0.25, 0.3) is 0 Å². The Labute approximate surface area is 136 Å². The van der Waals surface area contributed by atoms with E-state index >= 15 is 0 Å². The fraction of sp³-hybridized carbons (Fsp3) is 0.444. The first kappa shape index (κ1) is 15.7. The van der Waals surface area contributed by atoms with Crippen molar-refractivity contribution < 1.29 is 14.1 Å². The van der Waals surface area contributed by atoms with Gasteiger partial charge in [0.1, 0.15) is 5.76 Å². The Bertz CT molecular complexity index is 671. The van der Waals surface area contributed by atoms with Gasteiger partial charge in [-0.25, -0.2) is 4.79 Å². The summed E-state index contributed by atoms with van der Waals surface area (Å²) < 4.78 is 10.1. The van der Waals surface area contributed by atoms with Crippen LogP contribution in [0.3, 0.4) is 0 Å². The number of ether oxygens (including phenoxy) is 1. The van der Waals surface area contributed by atoms with Gasteiger partial charge < -0.3 is 9.26 Å². The van der Waals surface area contributed by atoms with Crippen molar-refractivity contribution in [1.82, 2.24) is 10.1 Å². The van der Waals surface area contributed by atoms with Gasteiger partial charge in [-0.15, -0.1) is 0 Å². The summed E-state index contributed by atoms with van der Waals surface area (Å²) in [5.74, 6) is 0.617. The fourth-order valence-electron chi connectivity index (χ4n) is 3.41. The Morgan fingerprint density at radius 3 is 2.70 bits per heavy atom. The molecule has 0 unspecified atom stereocenters. The van der Waals surface area contributed by atoms with Gasteiger partial charge in [0.05, 0.1) is 18.4 Å². The van der Waals surface area contributed by atoms with E-state index in [1.807, 2.05) is 38.1 Å². The van der Waals surface area contributed by atoms with Crippen molar-refractivity contribution in [1.29, 1.82) is 0 Å². The number of benzene rings is 1. The molecule has 0 aliphatic carbocycles. The number of carbonyl (C=O) groups is 1. The van der Waals surface area contributed by atoms with Crippen LogP contribution in [0.2, 0.25) is 0 Å². The van der Waals surface area contributed by atoms with Crippen LogP contribution in [0, 0.1) is 13.8 Å². The zero-order valence-corrected chi connectivity index (χ0v) is 13.8. The van der Waals surface area contributed by atoms with Crippen molar-refractivity contribution in [2.45, 2.75) is 39.3 Å². The standard InChI is InChI=1S/C18H22N2O3/c1-12-17(13(2)23-19-12)16-5-4-10-20(16)11-14-6-8-15(9-7-14)18(21)22-3/h6-9,16H,4-5,10-11H2,1-3H3/t16-/m1/s1. The molecule has 1 aliphatic heterocycles. The first-order chi connectivity index (χ1) is 11.1. The van der Waals surface area contributed by atoms with E-state index in [2.05, 4.69) is 10.1 Å². The second-order valence-electron chi connectivity index (χ2n) is 6.05. The lowest BCUT2D eigenvalue weighted by Crippen LogP contribution is -2.23. The van der Waals surface area contributed by atoms with E-state index in [1.165, 1.54) is 24.7 Å². The minimum Gasteiger partial charge on any atom is -0.465 e. The van der Waals surface area contributed by atoms with Gasteiger partial charge in [-0.2, -0.15) is 0 Å². The lowest BCUT2D eigenvalue weighted by molar-refractivity contribution is 0.0600. The lowest BCUT2D eigenvalue weighted by atomic mass is 10.0. The summed E-state index contributed by atoms with van der Waals surface area (Å²) in [5, 5.41) is 4.09. The molecule has 3 rings (SSSR count). The number of nitrogens with zero attached hydrogens (tertiary/aromatic N) is 2. The quantitative estimate of drug-likeness (QED) is 0.809. The van der Waals surface area contributed by atoms with Crippen molar-refractivity contribution >= 4 is 5.97 Å². The van der Waals surface area contributed by atoms with Gasteiger partial charge in [0.15, 0.2) is 0 Å². The van der Waals surface area contributed by atoms with Crippen LogP contribution in [0.5, 0.6) is 0 Å². The molecular weight excluding hydrogens is 292 g/mol. The van der Waals surface area contributed by atoms with Gasteiger partial charge in [0, 0.05) is 18.2 Å². The van der Waals surface area contributed by atoms with E-state index in [0.717, 1.165) is 31.0 Å². The predicted molar refractivity (Wildman–Crippen MR) is 86.1 cm³/mol. The van der Waals surface area contributed by atoms with Crippen molar-refractivity contribution in [2.24, 2.45) is 0 Å². The summed E-state index contributed by atoms with van der Waals surface area (Å²) in [5.41, 5.74) is 3.99. The Balaban J connectivity index is 1.75. The molecule has 1 fully saturated rings. The summed E-state index contributed by atoms with van der Waals surface area (Å²) in [4.78, 5) is 14.0. The first-order valence-corrected chi connectivity index (χ1v) is 7.94. The first-order valence-electron chi connectivity index (χ1n) is 7.94. The average molecular weight is 314 g/mol. The second-order valence-corrected chi connectivity index (χ2v) is 6.05. The minimum absolute atomic E-state index is 0.300. The maximum atomic E-state index is 11.5. The maximum Gasteiger partial charge on any atom is 0.337 e. The zero-order chi connectivity index (χ0) is 16.4. The van der Waals surface area contributed by atoms with Crippen LogP contribution >= 0.6 is 0 Å². The number of hydrogen-bond donors (Lipinski definition) is 0. The molecule has 5 heteroatoms. The average Bonchev–Trinajstić information content (AvgIpc) is 3.13. The number of aromatic nitrogens is 1.